The molecule has 0 aliphatic rings. The summed E-state index contributed by atoms with van der Waals surface area (Å²) in [6.07, 6.45) is 0. The average molecular weight is 337 g/mol. The molecule has 1 aromatic heterocycles. The van der Waals surface area contributed by atoms with Crippen LogP contribution in [0.5, 0.6) is 0 Å². The van der Waals surface area contributed by atoms with Gasteiger partial charge in [-0.2, -0.15) is 0 Å². The lowest BCUT2D eigenvalue weighted by molar-refractivity contribution is 0.0995. The minimum atomic E-state index is -0.226. The maximum atomic E-state index is 12.3. The van der Waals surface area contributed by atoms with E-state index in [1.807, 2.05) is 50.2 Å². The monoisotopic (exact) mass is 337 g/mol. The Hall–Kier alpha value is -2.46. The third-order valence-electron chi connectivity index (χ3n) is 3.49. The molecule has 0 atom stereocenters. The fourth-order valence-electron chi connectivity index (χ4n) is 2.49. The normalized spacial score (nSPS) is 10.6. The summed E-state index contributed by atoms with van der Waals surface area (Å²) in [4.78, 5) is 13.5. The van der Waals surface area contributed by atoms with E-state index in [9.17, 15) is 4.79 Å². The third kappa shape index (κ3) is 4.30. The summed E-state index contributed by atoms with van der Waals surface area (Å²) in [6, 6.07) is 19.7. The molecular weight excluding hydrogens is 318 g/mol. The van der Waals surface area contributed by atoms with Gasteiger partial charge >= 0.3 is 0 Å². The minimum Gasteiger partial charge on any atom is -0.455 e. The largest absolute Gasteiger partial charge is 0.455 e. The van der Waals surface area contributed by atoms with Gasteiger partial charge in [-0.25, -0.2) is 0 Å². The third-order valence-corrected chi connectivity index (χ3v) is 4.52. The van der Waals surface area contributed by atoms with Gasteiger partial charge in [-0.3, -0.25) is 4.79 Å². The summed E-state index contributed by atoms with van der Waals surface area (Å²) in [5.41, 5.74) is 3.02. The summed E-state index contributed by atoms with van der Waals surface area (Å²) in [7, 11) is 0. The number of furan rings is 1. The SMILES string of the molecule is Cc1cc(C)cc(NC(=O)c2ccc(CSc3ccccc3)o2)c1. The van der Waals surface area contributed by atoms with Crippen molar-refractivity contribution in [1.82, 2.24) is 0 Å². The molecule has 3 nitrogen and oxygen atoms in total. The van der Waals surface area contributed by atoms with Gasteiger partial charge in [0.25, 0.3) is 5.91 Å². The molecule has 0 unspecified atom stereocenters. The molecule has 122 valence electrons. The molecule has 1 amide bonds. The molecule has 0 aliphatic heterocycles. The van der Waals surface area contributed by atoms with Crippen LogP contribution < -0.4 is 5.32 Å². The van der Waals surface area contributed by atoms with Crippen LogP contribution in [0.3, 0.4) is 0 Å². The lowest BCUT2D eigenvalue weighted by atomic mass is 10.1. The minimum absolute atomic E-state index is 0.226. The summed E-state index contributed by atoms with van der Waals surface area (Å²) >= 11 is 1.68. The van der Waals surface area contributed by atoms with Gasteiger partial charge in [0.05, 0.1) is 5.75 Å². The van der Waals surface area contributed by atoms with E-state index in [0.29, 0.717) is 11.5 Å². The highest BCUT2D eigenvalue weighted by Gasteiger charge is 2.12. The Labute approximate surface area is 146 Å². The average Bonchev–Trinajstić information content (AvgIpc) is 3.02. The predicted octanol–water partition coefficient (Wildman–Crippen LogP) is 5.44. The second kappa shape index (κ2) is 7.41. The topological polar surface area (TPSA) is 42.2 Å². The van der Waals surface area contributed by atoms with Crippen molar-refractivity contribution in [2.24, 2.45) is 0 Å². The van der Waals surface area contributed by atoms with Crippen LogP contribution in [0.25, 0.3) is 0 Å². The molecule has 0 spiro atoms. The highest BCUT2D eigenvalue weighted by molar-refractivity contribution is 7.98. The Morgan fingerprint density at radius 1 is 1.00 bits per heavy atom. The molecular formula is C20H19NO2S. The van der Waals surface area contributed by atoms with Gasteiger partial charge in [0.1, 0.15) is 5.76 Å². The number of anilines is 1. The van der Waals surface area contributed by atoms with E-state index in [-0.39, 0.29) is 5.91 Å². The molecule has 0 radical (unpaired) electrons. The van der Waals surface area contributed by atoms with E-state index >= 15 is 0 Å². The molecule has 1 N–H and O–H groups in total. The van der Waals surface area contributed by atoms with E-state index in [1.165, 1.54) is 4.90 Å². The number of carbonyl (C=O) groups is 1. The molecule has 3 rings (SSSR count). The summed E-state index contributed by atoms with van der Waals surface area (Å²) in [6.45, 7) is 4.02. The van der Waals surface area contributed by atoms with Crippen molar-refractivity contribution in [3.05, 3.63) is 83.3 Å². The lowest BCUT2D eigenvalue weighted by Crippen LogP contribution is -2.11. The fraction of sp³-hybridized carbons (Fsp3) is 0.150. The zero-order valence-corrected chi connectivity index (χ0v) is 14.5. The van der Waals surface area contributed by atoms with E-state index in [1.54, 1.807) is 17.8 Å². The van der Waals surface area contributed by atoms with Crippen molar-refractivity contribution in [3.8, 4) is 0 Å². The van der Waals surface area contributed by atoms with E-state index in [2.05, 4.69) is 23.5 Å². The van der Waals surface area contributed by atoms with E-state index in [0.717, 1.165) is 22.6 Å². The Bertz CT molecular complexity index is 820. The Morgan fingerprint density at radius 3 is 2.42 bits per heavy atom. The number of rotatable bonds is 5. The van der Waals surface area contributed by atoms with Gasteiger partial charge in [0.2, 0.25) is 0 Å². The fourth-order valence-corrected chi connectivity index (χ4v) is 3.30. The number of amides is 1. The molecule has 24 heavy (non-hydrogen) atoms. The van der Waals surface area contributed by atoms with Crippen LogP contribution in [0.15, 0.2) is 70.0 Å². The number of hydrogen-bond donors (Lipinski definition) is 1. The number of carbonyl (C=O) groups excluding carboxylic acids is 1. The van der Waals surface area contributed by atoms with Crippen LogP contribution in [0, 0.1) is 13.8 Å². The second-order valence-electron chi connectivity index (χ2n) is 5.70. The number of aryl methyl sites for hydroxylation is 2. The predicted molar refractivity (Wildman–Crippen MR) is 98.6 cm³/mol. The summed E-state index contributed by atoms with van der Waals surface area (Å²) in [5.74, 6) is 1.59. The van der Waals surface area contributed by atoms with Crippen molar-refractivity contribution >= 4 is 23.4 Å². The Kier molecular flexibility index (Phi) is 5.06. The van der Waals surface area contributed by atoms with E-state index < -0.39 is 0 Å². The number of hydrogen-bond acceptors (Lipinski definition) is 3. The second-order valence-corrected chi connectivity index (χ2v) is 6.75. The molecule has 0 saturated carbocycles. The molecule has 3 aromatic rings. The maximum absolute atomic E-state index is 12.3. The Morgan fingerprint density at radius 2 is 1.71 bits per heavy atom. The number of thioether (sulfide) groups is 1. The zero-order chi connectivity index (χ0) is 16.9. The van der Waals surface area contributed by atoms with E-state index in [4.69, 9.17) is 4.42 Å². The van der Waals surface area contributed by atoms with Crippen LogP contribution in [0.4, 0.5) is 5.69 Å². The van der Waals surface area contributed by atoms with Crippen LogP contribution >= 0.6 is 11.8 Å². The standard InChI is InChI=1S/C20H19NO2S/c1-14-10-15(2)12-16(11-14)21-20(22)19-9-8-17(23-19)13-24-18-6-4-3-5-7-18/h3-12H,13H2,1-2H3,(H,21,22). The highest BCUT2D eigenvalue weighted by Crippen LogP contribution is 2.24. The van der Waals surface area contributed by atoms with Crippen molar-refractivity contribution in [3.63, 3.8) is 0 Å². The zero-order valence-electron chi connectivity index (χ0n) is 13.7. The molecule has 0 bridgehead atoms. The molecule has 1 heterocycles. The number of benzene rings is 2. The Balaban J connectivity index is 1.63. The van der Waals surface area contributed by atoms with Crippen molar-refractivity contribution in [2.75, 3.05) is 5.32 Å². The van der Waals surface area contributed by atoms with Gasteiger partial charge in [0.15, 0.2) is 5.76 Å². The lowest BCUT2D eigenvalue weighted by Gasteiger charge is -2.06. The van der Waals surface area contributed by atoms with Gasteiger partial charge in [-0.1, -0.05) is 24.3 Å². The molecule has 0 saturated heterocycles. The van der Waals surface area contributed by atoms with Gasteiger partial charge in [-0.15, -0.1) is 11.8 Å². The van der Waals surface area contributed by atoms with Crippen molar-refractivity contribution in [1.29, 1.82) is 0 Å². The maximum Gasteiger partial charge on any atom is 0.291 e. The van der Waals surface area contributed by atoms with Crippen molar-refractivity contribution in [2.45, 2.75) is 24.5 Å². The molecule has 0 fully saturated rings. The first-order chi connectivity index (χ1) is 11.6. The van der Waals surface area contributed by atoms with Crippen LogP contribution in [-0.2, 0) is 5.75 Å². The first kappa shape index (κ1) is 16.4. The molecule has 4 heteroatoms. The number of nitrogens with one attached hydrogen (secondary N) is 1. The first-order valence-corrected chi connectivity index (χ1v) is 8.75. The molecule has 0 aliphatic carbocycles. The quantitative estimate of drug-likeness (QED) is 0.630. The highest BCUT2D eigenvalue weighted by atomic mass is 32.2. The summed E-state index contributed by atoms with van der Waals surface area (Å²) in [5, 5.41) is 2.89. The van der Waals surface area contributed by atoms with Crippen molar-refractivity contribution < 1.29 is 9.21 Å². The first-order valence-electron chi connectivity index (χ1n) is 7.76. The van der Waals surface area contributed by atoms with Gasteiger partial charge in [-0.05, 0) is 61.4 Å². The smallest absolute Gasteiger partial charge is 0.291 e. The van der Waals surface area contributed by atoms with Gasteiger partial charge < -0.3 is 9.73 Å². The van der Waals surface area contributed by atoms with Crippen LogP contribution in [0.1, 0.15) is 27.4 Å². The van der Waals surface area contributed by atoms with Crippen LogP contribution in [0.2, 0.25) is 0 Å². The van der Waals surface area contributed by atoms with Gasteiger partial charge in [0, 0.05) is 10.6 Å². The van der Waals surface area contributed by atoms with Crippen LogP contribution in [-0.4, -0.2) is 5.91 Å². The summed E-state index contributed by atoms with van der Waals surface area (Å²) < 4.78 is 5.67. The molecule has 2 aromatic carbocycles.